The molecule has 0 aliphatic carbocycles. The molecule has 0 radical (unpaired) electrons. The minimum Gasteiger partial charge on any atom is -0.497 e. The van der Waals surface area contributed by atoms with Gasteiger partial charge in [0.1, 0.15) is 5.75 Å². The standard InChI is InChI=1S/C29H26N4O2/c1-35-24-13-9-22(10-14-24)28-19-26(25-5-2-3-6-27(25)31-28)29(34)33-16-4-15-32(17-18-33)23-11-7-21(20-30)8-12-23/h2-3,5-14,19H,4,15-18H2,1H3. The molecule has 6 heteroatoms. The average Bonchev–Trinajstić information content (AvgIpc) is 3.18. The second kappa shape index (κ2) is 9.86. The number of hydrogen-bond donors (Lipinski definition) is 0. The van der Waals surface area contributed by atoms with Gasteiger partial charge in [-0.2, -0.15) is 5.26 Å². The fourth-order valence-electron chi connectivity index (χ4n) is 4.56. The SMILES string of the molecule is COc1ccc(-c2cc(C(=O)N3CCCN(c4ccc(C#N)cc4)CC3)c3ccccc3n2)cc1. The number of fused-ring (bicyclic) bond motifs is 1. The molecule has 2 heterocycles. The van der Waals surface area contributed by atoms with Crippen LogP contribution in [0.2, 0.25) is 0 Å². The van der Waals surface area contributed by atoms with Crippen LogP contribution in [0.4, 0.5) is 5.69 Å². The van der Waals surface area contributed by atoms with Crippen molar-refractivity contribution in [3.63, 3.8) is 0 Å². The van der Waals surface area contributed by atoms with Gasteiger partial charge >= 0.3 is 0 Å². The van der Waals surface area contributed by atoms with Gasteiger partial charge in [-0.25, -0.2) is 4.98 Å². The lowest BCUT2D eigenvalue weighted by Crippen LogP contribution is -2.35. The molecule has 0 bridgehead atoms. The van der Waals surface area contributed by atoms with Gasteiger partial charge in [-0.1, -0.05) is 18.2 Å². The molecular weight excluding hydrogens is 436 g/mol. The third-order valence-corrected chi connectivity index (χ3v) is 6.48. The van der Waals surface area contributed by atoms with E-state index < -0.39 is 0 Å². The molecule has 0 N–H and O–H groups in total. The number of pyridine rings is 1. The topological polar surface area (TPSA) is 69.5 Å². The molecular formula is C29H26N4O2. The lowest BCUT2D eigenvalue weighted by molar-refractivity contribution is 0.0769. The maximum absolute atomic E-state index is 13.8. The van der Waals surface area contributed by atoms with Gasteiger partial charge in [0.2, 0.25) is 0 Å². The number of nitrogens with zero attached hydrogens (tertiary/aromatic N) is 4. The zero-order valence-corrected chi connectivity index (χ0v) is 19.6. The second-order valence-electron chi connectivity index (χ2n) is 8.59. The quantitative estimate of drug-likeness (QED) is 0.420. The molecule has 35 heavy (non-hydrogen) atoms. The molecule has 1 saturated heterocycles. The van der Waals surface area contributed by atoms with Gasteiger partial charge in [-0.3, -0.25) is 4.79 Å². The number of ether oxygens (including phenoxy) is 1. The maximum Gasteiger partial charge on any atom is 0.254 e. The molecule has 6 nitrogen and oxygen atoms in total. The highest BCUT2D eigenvalue weighted by Gasteiger charge is 2.23. The van der Waals surface area contributed by atoms with Crippen molar-refractivity contribution >= 4 is 22.5 Å². The average molecular weight is 463 g/mol. The molecule has 1 aromatic heterocycles. The molecule has 3 aromatic carbocycles. The van der Waals surface area contributed by atoms with E-state index in [9.17, 15) is 4.79 Å². The predicted octanol–water partition coefficient (Wildman–Crippen LogP) is 5.13. The van der Waals surface area contributed by atoms with Gasteiger partial charge in [0.05, 0.1) is 35.5 Å². The van der Waals surface area contributed by atoms with Crippen LogP contribution in [-0.2, 0) is 0 Å². The zero-order valence-electron chi connectivity index (χ0n) is 19.6. The summed E-state index contributed by atoms with van der Waals surface area (Å²) in [6, 6.07) is 27.3. The van der Waals surface area contributed by atoms with Crippen molar-refractivity contribution in [3.05, 3.63) is 90.0 Å². The fraction of sp³-hybridized carbons (Fsp3) is 0.207. The van der Waals surface area contributed by atoms with Crippen LogP contribution in [0.1, 0.15) is 22.3 Å². The van der Waals surface area contributed by atoms with Crippen LogP contribution in [0, 0.1) is 11.3 Å². The number of carbonyl (C=O) groups is 1. The number of amides is 1. The summed E-state index contributed by atoms with van der Waals surface area (Å²) < 4.78 is 5.28. The Balaban J connectivity index is 1.43. The number of nitriles is 1. The molecule has 0 atom stereocenters. The molecule has 0 saturated carbocycles. The van der Waals surface area contributed by atoms with Crippen LogP contribution in [0.15, 0.2) is 78.9 Å². The van der Waals surface area contributed by atoms with Crippen LogP contribution in [0.5, 0.6) is 5.75 Å². The highest BCUT2D eigenvalue weighted by Crippen LogP contribution is 2.28. The first kappa shape index (κ1) is 22.4. The van der Waals surface area contributed by atoms with Crippen LogP contribution in [0.3, 0.4) is 0 Å². The Kier molecular flexibility index (Phi) is 6.32. The van der Waals surface area contributed by atoms with Gasteiger partial charge in [0.25, 0.3) is 5.91 Å². The summed E-state index contributed by atoms with van der Waals surface area (Å²) in [5.41, 5.74) is 4.91. The first-order valence-corrected chi connectivity index (χ1v) is 11.7. The summed E-state index contributed by atoms with van der Waals surface area (Å²) in [6.45, 7) is 2.93. The van der Waals surface area contributed by atoms with Gasteiger partial charge in [-0.05, 0) is 67.1 Å². The minimum atomic E-state index is 0.0278. The smallest absolute Gasteiger partial charge is 0.254 e. The predicted molar refractivity (Wildman–Crippen MR) is 138 cm³/mol. The first-order valence-electron chi connectivity index (χ1n) is 11.7. The second-order valence-corrected chi connectivity index (χ2v) is 8.59. The number of carbonyl (C=O) groups excluding carboxylic acids is 1. The molecule has 1 aliphatic heterocycles. The molecule has 0 spiro atoms. The van der Waals surface area contributed by atoms with E-state index in [2.05, 4.69) is 11.0 Å². The van der Waals surface area contributed by atoms with Crippen LogP contribution >= 0.6 is 0 Å². The van der Waals surface area contributed by atoms with E-state index >= 15 is 0 Å². The van der Waals surface area contributed by atoms with Crippen LogP contribution in [0.25, 0.3) is 22.2 Å². The number of aromatic nitrogens is 1. The van der Waals surface area contributed by atoms with E-state index in [0.717, 1.165) is 53.1 Å². The zero-order chi connectivity index (χ0) is 24.2. The van der Waals surface area contributed by atoms with E-state index in [-0.39, 0.29) is 5.91 Å². The third kappa shape index (κ3) is 4.67. The van der Waals surface area contributed by atoms with E-state index in [1.54, 1.807) is 7.11 Å². The number of hydrogen-bond acceptors (Lipinski definition) is 5. The largest absolute Gasteiger partial charge is 0.497 e. The number of para-hydroxylation sites is 1. The van der Waals surface area contributed by atoms with Crippen molar-refractivity contribution in [1.82, 2.24) is 9.88 Å². The summed E-state index contributed by atoms with van der Waals surface area (Å²) in [4.78, 5) is 22.9. The van der Waals surface area contributed by atoms with Crippen molar-refractivity contribution in [2.75, 3.05) is 38.2 Å². The van der Waals surface area contributed by atoms with Gasteiger partial charge in [0.15, 0.2) is 0 Å². The highest BCUT2D eigenvalue weighted by atomic mass is 16.5. The summed E-state index contributed by atoms with van der Waals surface area (Å²) in [5, 5.41) is 9.92. The lowest BCUT2D eigenvalue weighted by Gasteiger charge is -2.24. The Bertz CT molecular complexity index is 1390. The van der Waals surface area contributed by atoms with Gasteiger partial charge in [-0.15, -0.1) is 0 Å². The molecule has 1 amide bonds. The summed E-state index contributed by atoms with van der Waals surface area (Å²) in [5.74, 6) is 0.808. The maximum atomic E-state index is 13.8. The lowest BCUT2D eigenvalue weighted by atomic mass is 10.0. The number of methoxy groups -OCH3 is 1. The summed E-state index contributed by atoms with van der Waals surface area (Å²) >= 11 is 0. The molecule has 5 rings (SSSR count). The van der Waals surface area contributed by atoms with Crippen molar-refractivity contribution < 1.29 is 9.53 Å². The Morgan fingerprint density at radius 3 is 2.46 bits per heavy atom. The number of anilines is 1. The fourth-order valence-corrected chi connectivity index (χ4v) is 4.56. The Hall–Kier alpha value is -4.37. The monoisotopic (exact) mass is 462 g/mol. The Morgan fingerprint density at radius 1 is 0.943 bits per heavy atom. The van der Waals surface area contributed by atoms with E-state index in [0.29, 0.717) is 24.2 Å². The Morgan fingerprint density at radius 2 is 1.71 bits per heavy atom. The van der Waals surface area contributed by atoms with E-state index in [1.807, 2.05) is 83.8 Å². The summed E-state index contributed by atoms with van der Waals surface area (Å²) in [6.07, 6.45) is 0.875. The van der Waals surface area contributed by atoms with Crippen molar-refractivity contribution in [2.24, 2.45) is 0 Å². The normalized spacial score (nSPS) is 13.8. The number of rotatable bonds is 4. The molecule has 0 unspecified atom stereocenters. The highest BCUT2D eigenvalue weighted by molar-refractivity contribution is 6.07. The van der Waals surface area contributed by atoms with Crippen LogP contribution in [-0.4, -0.2) is 49.1 Å². The first-order chi connectivity index (χ1) is 17.2. The van der Waals surface area contributed by atoms with E-state index in [4.69, 9.17) is 15.0 Å². The number of benzene rings is 3. The molecule has 1 aliphatic rings. The van der Waals surface area contributed by atoms with Crippen molar-refractivity contribution in [3.8, 4) is 23.1 Å². The van der Waals surface area contributed by atoms with Gasteiger partial charge < -0.3 is 14.5 Å². The summed E-state index contributed by atoms with van der Waals surface area (Å²) in [7, 11) is 1.64. The van der Waals surface area contributed by atoms with E-state index in [1.165, 1.54) is 0 Å². The minimum absolute atomic E-state index is 0.0278. The Labute approximate surface area is 205 Å². The van der Waals surface area contributed by atoms with Gasteiger partial charge in [0, 0.05) is 42.8 Å². The molecule has 174 valence electrons. The molecule has 4 aromatic rings. The van der Waals surface area contributed by atoms with Crippen LogP contribution < -0.4 is 9.64 Å². The van der Waals surface area contributed by atoms with Crippen molar-refractivity contribution in [1.29, 1.82) is 5.26 Å². The molecule has 1 fully saturated rings. The van der Waals surface area contributed by atoms with Crippen molar-refractivity contribution in [2.45, 2.75) is 6.42 Å². The third-order valence-electron chi connectivity index (χ3n) is 6.48.